The van der Waals surface area contributed by atoms with Crippen molar-refractivity contribution in [2.24, 2.45) is 0 Å². The van der Waals surface area contributed by atoms with Crippen molar-refractivity contribution < 1.29 is 22.9 Å². The third-order valence-electron chi connectivity index (χ3n) is 4.45. The second-order valence-corrected chi connectivity index (χ2v) is 8.13. The van der Waals surface area contributed by atoms with E-state index in [0.717, 1.165) is 23.9 Å². The van der Waals surface area contributed by atoms with Crippen LogP contribution in [0.4, 0.5) is 14.5 Å². The molecule has 1 saturated heterocycles. The summed E-state index contributed by atoms with van der Waals surface area (Å²) >= 11 is 1.06. The first-order valence-electron chi connectivity index (χ1n) is 7.87. The van der Waals surface area contributed by atoms with E-state index in [0.29, 0.717) is 5.47 Å². The third-order valence-corrected chi connectivity index (χ3v) is 5.34. The Morgan fingerprint density at radius 2 is 1.80 bits per heavy atom. The standard InChI is InChI=1S/C17H22BF2NO3S/c1-10(22)25-9-11(18-23-16(2,3)17(4,5)24-18)6-13-14(20)7-12(19)8-15(13)21/h6-8H,9,21H2,1-5H3. The Morgan fingerprint density at radius 3 is 2.28 bits per heavy atom. The summed E-state index contributed by atoms with van der Waals surface area (Å²) in [5.41, 5.74) is 5.17. The molecule has 0 amide bonds. The molecule has 0 unspecified atom stereocenters. The highest BCUT2D eigenvalue weighted by molar-refractivity contribution is 8.13. The van der Waals surface area contributed by atoms with E-state index in [1.807, 2.05) is 27.7 Å². The molecule has 4 nitrogen and oxygen atoms in total. The fraction of sp³-hybridized carbons (Fsp3) is 0.471. The lowest BCUT2D eigenvalue weighted by Gasteiger charge is -2.32. The summed E-state index contributed by atoms with van der Waals surface area (Å²) in [6.07, 6.45) is 1.47. The van der Waals surface area contributed by atoms with E-state index in [1.54, 1.807) is 0 Å². The van der Waals surface area contributed by atoms with Crippen LogP contribution in [-0.2, 0) is 14.1 Å². The number of anilines is 1. The first kappa shape index (κ1) is 19.9. The smallest absolute Gasteiger partial charge is 0.400 e. The summed E-state index contributed by atoms with van der Waals surface area (Å²) in [5.74, 6) is -1.27. The van der Waals surface area contributed by atoms with E-state index in [2.05, 4.69) is 0 Å². The molecule has 2 N–H and O–H groups in total. The fourth-order valence-corrected chi connectivity index (χ4v) is 2.89. The Labute approximate surface area is 151 Å². The van der Waals surface area contributed by atoms with Crippen LogP contribution < -0.4 is 5.73 Å². The lowest BCUT2D eigenvalue weighted by Crippen LogP contribution is -2.41. The Morgan fingerprint density at radius 1 is 1.24 bits per heavy atom. The molecule has 25 heavy (non-hydrogen) atoms. The number of carbonyl (C=O) groups excluding carboxylic acids is 1. The first-order valence-corrected chi connectivity index (χ1v) is 8.85. The van der Waals surface area contributed by atoms with E-state index in [-0.39, 0.29) is 22.1 Å². The monoisotopic (exact) mass is 369 g/mol. The fourth-order valence-electron chi connectivity index (χ4n) is 2.30. The summed E-state index contributed by atoms with van der Waals surface area (Å²) in [6, 6.07) is 1.82. The predicted octanol–water partition coefficient (Wildman–Crippen LogP) is 3.84. The van der Waals surface area contributed by atoms with Crippen LogP contribution in [0.1, 0.15) is 40.2 Å². The lowest BCUT2D eigenvalue weighted by molar-refractivity contribution is -0.109. The van der Waals surface area contributed by atoms with Crippen LogP contribution in [0.2, 0.25) is 0 Å². The molecule has 0 radical (unpaired) electrons. The van der Waals surface area contributed by atoms with Gasteiger partial charge in [0.1, 0.15) is 11.6 Å². The minimum Gasteiger partial charge on any atom is -0.400 e. The summed E-state index contributed by atoms with van der Waals surface area (Å²) in [4.78, 5) is 11.4. The van der Waals surface area contributed by atoms with Gasteiger partial charge >= 0.3 is 7.12 Å². The van der Waals surface area contributed by atoms with Gasteiger partial charge in [0.25, 0.3) is 0 Å². The van der Waals surface area contributed by atoms with Crippen molar-refractivity contribution in [3.8, 4) is 0 Å². The van der Waals surface area contributed by atoms with E-state index in [4.69, 9.17) is 15.0 Å². The van der Waals surface area contributed by atoms with Gasteiger partial charge in [-0.2, -0.15) is 0 Å². The van der Waals surface area contributed by atoms with Gasteiger partial charge in [0.2, 0.25) is 0 Å². The maximum atomic E-state index is 14.1. The zero-order valence-corrected chi connectivity index (χ0v) is 15.8. The number of carbonyl (C=O) groups is 1. The quantitative estimate of drug-likeness (QED) is 0.646. The van der Waals surface area contributed by atoms with E-state index < -0.39 is 30.0 Å². The van der Waals surface area contributed by atoms with Gasteiger partial charge in [-0.05, 0) is 39.2 Å². The predicted molar refractivity (Wildman–Crippen MR) is 98.0 cm³/mol. The highest BCUT2D eigenvalue weighted by Gasteiger charge is 2.52. The number of rotatable bonds is 4. The molecular weight excluding hydrogens is 347 g/mol. The molecule has 1 aliphatic rings. The van der Waals surface area contributed by atoms with Gasteiger partial charge < -0.3 is 15.0 Å². The minimum absolute atomic E-state index is 0.0284. The molecule has 0 atom stereocenters. The number of nitrogen functional groups attached to an aromatic ring is 1. The van der Waals surface area contributed by atoms with Crippen molar-refractivity contribution in [3.05, 3.63) is 34.8 Å². The molecule has 0 spiro atoms. The Hall–Kier alpha value is -1.38. The second-order valence-electron chi connectivity index (χ2n) is 6.98. The maximum Gasteiger partial charge on any atom is 0.491 e. The first-order chi connectivity index (χ1) is 11.4. The van der Waals surface area contributed by atoms with Crippen molar-refractivity contribution in [2.45, 2.75) is 45.8 Å². The number of hydrogen-bond acceptors (Lipinski definition) is 5. The largest absolute Gasteiger partial charge is 0.491 e. The van der Waals surface area contributed by atoms with Crippen molar-refractivity contribution in [2.75, 3.05) is 11.5 Å². The Kier molecular flexibility index (Phi) is 5.66. The molecule has 0 bridgehead atoms. The van der Waals surface area contributed by atoms with Gasteiger partial charge in [-0.15, -0.1) is 0 Å². The molecule has 1 aliphatic heterocycles. The third kappa shape index (κ3) is 4.43. The highest BCUT2D eigenvalue weighted by Crippen LogP contribution is 2.39. The van der Waals surface area contributed by atoms with Gasteiger partial charge in [-0.3, -0.25) is 4.79 Å². The second kappa shape index (κ2) is 7.09. The van der Waals surface area contributed by atoms with Crippen molar-refractivity contribution in [1.82, 2.24) is 0 Å². The lowest BCUT2D eigenvalue weighted by atomic mass is 9.78. The zero-order valence-electron chi connectivity index (χ0n) is 15.0. The van der Waals surface area contributed by atoms with Crippen LogP contribution >= 0.6 is 11.8 Å². The number of nitrogens with two attached hydrogens (primary N) is 1. The molecule has 1 heterocycles. The molecular formula is C17H22BF2NO3S. The van der Waals surface area contributed by atoms with Crippen molar-refractivity contribution in [1.29, 1.82) is 0 Å². The summed E-state index contributed by atoms with van der Waals surface area (Å²) < 4.78 is 39.4. The maximum absolute atomic E-state index is 14.1. The van der Waals surface area contributed by atoms with Gasteiger partial charge in [0, 0.05) is 30.0 Å². The number of hydrogen-bond donors (Lipinski definition) is 1. The van der Waals surface area contributed by atoms with Gasteiger partial charge in [-0.1, -0.05) is 17.8 Å². The molecule has 136 valence electrons. The molecule has 2 rings (SSSR count). The average molecular weight is 369 g/mol. The zero-order chi connectivity index (χ0) is 19.0. The topological polar surface area (TPSA) is 61.6 Å². The Balaban J connectivity index is 2.42. The van der Waals surface area contributed by atoms with Crippen molar-refractivity contribution >= 4 is 35.8 Å². The normalized spacial score (nSPS) is 19.3. The summed E-state index contributed by atoms with van der Waals surface area (Å²) in [6.45, 7) is 9.04. The van der Waals surface area contributed by atoms with Crippen LogP contribution in [0.15, 0.2) is 17.6 Å². The number of halogens is 2. The van der Waals surface area contributed by atoms with Gasteiger partial charge in [0.15, 0.2) is 5.12 Å². The molecule has 8 heteroatoms. The summed E-state index contributed by atoms with van der Waals surface area (Å²) in [5, 5.41) is -0.0880. The number of benzene rings is 1. The average Bonchev–Trinajstić information content (AvgIpc) is 2.65. The molecule has 0 saturated carbocycles. The van der Waals surface area contributed by atoms with Crippen LogP contribution in [0, 0.1) is 11.6 Å². The van der Waals surface area contributed by atoms with Crippen LogP contribution in [0.25, 0.3) is 6.08 Å². The van der Waals surface area contributed by atoms with Crippen LogP contribution in [0.5, 0.6) is 0 Å². The van der Waals surface area contributed by atoms with E-state index in [9.17, 15) is 13.6 Å². The number of thioether (sulfide) groups is 1. The van der Waals surface area contributed by atoms with Gasteiger partial charge in [-0.25, -0.2) is 8.78 Å². The molecule has 1 fully saturated rings. The highest BCUT2D eigenvalue weighted by atomic mass is 32.2. The molecule has 1 aromatic carbocycles. The van der Waals surface area contributed by atoms with E-state index >= 15 is 0 Å². The summed E-state index contributed by atoms with van der Waals surface area (Å²) in [7, 11) is -0.749. The minimum atomic E-state index is -0.778. The SMILES string of the molecule is CC(=O)SCC(=Cc1c(N)cc(F)cc1F)B1OC(C)(C)C(C)(C)O1. The van der Waals surface area contributed by atoms with Crippen molar-refractivity contribution in [3.63, 3.8) is 0 Å². The van der Waals surface area contributed by atoms with Gasteiger partial charge in [0.05, 0.1) is 11.2 Å². The molecule has 1 aromatic rings. The Bertz CT molecular complexity index is 683. The molecule has 0 aromatic heterocycles. The van der Waals surface area contributed by atoms with E-state index in [1.165, 1.54) is 13.0 Å². The molecule has 0 aliphatic carbocycles. The van der Waals surface area contributed by atoms with Crippen LogP contribution in [-0.4, -0.2) is 29.2 Å². The van der Waals surface area contributed by atoms with Crippen LogP contribution in [0.3, 0.4) is 0 Å².